The van der Waals surface area contributed by atoms with Crippen molar-refractivity contribution in [3.8, 4) is 0 Å². The van der Waals surface area contributed by atoms with E-state index in [2.05, 4.69) is 95.2 Å². The number of rotatable bonds is 2. The fourth-order valence-corrected chi connectivity index (χ4v) is 2.61. The molecule has 1 aromatic carbocycles. The standard InChI is InChI=1S/C20H31N2/c1-15-21(8)9-10-22(15)14-16-11-17(19(2,3)4)13-18(12-16)20(5,6)7/h9-13H,14H2,1-8H3/q+1. The van der Waals surface area contributed by atoms with Crippen LogP contribution in [0.3, 0.4) is 0 Å². The highest BCUT2D eigenvalue weighted by Gasteiger charge is 2.21. The van der Waals surface area contributed by atoms with Crippen molar-refractivity contribution < 1.29 is 4.57 Å². The van der Waals surface area contributed by atoms with Crippen LogP contribution >= 0.6 is 0 Å². The largest absolute Gasteiger partial charge is 0.253 e. The predicted octanol–water partition coefficient (Wildman–Crippen LogP) is 4.26. The van der Waals surface area contributed by atoms with Crippen LogP contribution in [0.15, 0.2) is 30.6 Å². The fourth-order valence-electron chi connectivity index (χ4n) is 2.61. The first-order valence-corrected chi connectivity index (χ1v) is 8.15. The summed E-state index contributed by atoms with van der Waals surface area (Å²) >= 11 is 0. The lowest BCUT2D eigenvalue weighted by Crippen LogP contribution is -2.36. The van der Waals surface area contributed by atoms with Crippen molar-refractivity contribution in [2.75, 3.05) is 0 Å². The van der Waals surface area contributed by atoms with Crippen LogP contribution in [-0.2, 0) is 24.4 Å². The Labute approximate surface area is 135 Å². The van der Waals surface area contributed by atoms with E-state index in [4.69, 9.17) is 0 Å². The van der Waals surface area contributed by atoms with E-state index in [9.17, 15) is 0 Å². The smallest absolute Gasteiger partial charge is 0.237 e. The molecule has 2 nitrogen and oxygen atoms in total. The van der Waals surface area contributed by atoms with Gasteiger partial charge in [-0.1, -0.05) is 59.7 Å². The summed E-state index contributed by atoms with van der Waals surface area (Å²) in [5.41, 5.74) is 4.57. The molecule has 0 amide bonds. The molecule has 2 aromatic rings. The van der Waals surface area contributed by atoms with Crippen LogP contribution in [0.4, 0.5) is 0 Å². The van der Waals surface area contributed by atoms with Crippen molar-refractivity contribution in [3.05, 3.63) is 53.1 Å². The van der Waals surface area contributed by atoms with Crippen LogP contribution < -0.4 is 4.57 Å². The van der Waals surface area contributed by atoms with Gasteiger partial charge in [0.1, 0.15) is 18.9 Å². The van der Waals surface area contributed by atoms with Gasteiger partial charge < -0.3 is 0 Å². The van der Waals surface area contributed by atoms with Gasteiger partial charge in [-0.25, -0.2) is 9.13 Å². The predicted molar refractivity (Wildman–Crippen MR) is 93.3 cm³/mol. The van der Waals surface area contributed by atoms with E-state index in [0.29, 0.717) is 0 Å². The first-order chi connectivity index (χ1) is 9.98. The third-order valence-corrected chi connectivity index (χ3v) is 4.47. The molecule has 1 heterocycles. The summed E-state index contributed by atoms with van der Waals surface area (Å²) in [6, 6.07) is 7.12. The molecule has 0 aliphatic rings. The van der Waals surface area contributed by atoms with Crippen LogP contribution in [-0.4, -0.2) is 4.57 Å². The first kappa shape index (κ1) is 16.8. The molecule has 0 unspecified atom stereocenters. The molecule has 120 valence electrons. The lowest BCUT2D eigenvalue weighted by atomic mass is 9.79. The second kappa shape index (κ2) is 5.57. The molecule has 0 aliphatic heterocycles. The van der Waals surface area contributed by atoms with Crippen LogP contribution in [0.5, 0.6) is 0 Å². The summed E-state index contributed by atoms with van der Waals surface area (Å²) in [6.07, 6.45) is 4.28. The van der Waals surface area contributed by atoms with Gasteiger partial charge in [0, 0.05) is 6.92 Å². The highest BCUT2D eigenvalue weighted by atomic mass is 15.1. The highest BCUT2D eigenvalue weighted by Crippen LogP contribution is 2.30. The van der Waals surface area contributed by atoms with E-state index < -0.39 is 0 Å². The third kappa shape index (κ3) is 3.60. The van der Waals surface area contributed by atoms with Gasteiger partial charge in [-0.3, -0.25) is 0 Å². The zero-order valence-corrected chi connectivity index (χ0v) is 15.5. The van der Waals surface area contributed by atoms with E-state index in [1.54, 1.807) is 0 Å². The fraction of sp³-hybridized carbons (Fsp3) is 0.550. The van der Waals surface area contributed by atoms with E-state index >= 15 is 0 Å². The molecule has 0 fully saturated rings. The molecule has 2 rings (SSSR count). The summed E-state index contributed by atoms with van der Waals surface area (Å²) in [4.78, 5) is 0. The molecule has 0 saturated heterocycles. The van der Waals surface area contributed by atoms with Crippen molar-refractivity contribution in [1.29, 1.82) is 0 Å². The van der Waals surface area contributed by atoms with Gasteiger partial charge in [0.15, 0.2) is 0 Å². The molecule has 2 heteroatoms. The summed E-state index contributed by atoms with van der Waals surface area (Å²) in [7, 11) is 2.10. The lowest BCUT2D eigenvalue weighted by Gasteiger charge is -2.26. The Morgan fingerprint density at radius 2 is 1.41 bits per heavy atom. The summed E-state index contributed by atoms with van der Waals surface area (Å²) in [5.74, 6) is 1.28. The topological polar surface area (TPSA) is 8.81 Å². The van der Waals surface area contributed by atoms with Gasteiger partial charge in [0.2, 0.25) is 0 Å². The van der Waals surface area contributed by atoms with Gasteiger partial charge in [0.25, 0.3) is 5.82 Å². The molecule has 0 saturated carbocycles. The number of imidazole rings is 1. The highest BCUT2D eigenvalue weighted by molar-refractivity contribution is 5.37. The molecule has 0 atom stereocenters. The van der Waals surface area contributed by atoms with Crippen molar-refractivity contribution in [1.82, 2.24) is 4.57 Å². The van der Waals surface area contributed by atoms with Crippen molar-refractivity contribution in [2.24, 2.45) is 7.05 Å². The van der Waals surface area contributed by atoms with E-state index in [1.165, 1.54) is 22.5 Å². The Bertz CT molecular complexity index is 632. The molecular formula is C20H31N2+. The van der Waals surface area contributed by atoms with Gasteiger partial charge in [0.05, 0.1) is 7.05 Å². The molecular weight excluding hydrogens is 268 g/mol. The number of hydrogen-bond donors (Lipinski definition) is 0. The maximum absolute atomic E-state index is 2.38. The summed E-state index contributed by atoms with van der Waals surface area (Å²) in [5, 5.41) is 0. The molecule has 0 N–H and O–H groups in total. The maximum Gasteiger partial charge on any atom is 0.253 e. The van der Waals surface area contributed by atoms with E-state index in [0.717, 1.165) is 6.54 Å². The summed E-state index contributed by atoms with van der Waals surface area (Å²) < 4.78 is 4.48. The Balaban J connectivity index is 2.49. The Morgan fingerprint density at radius 3 is 1.77 bits per heavy atom. The molecule has 1 aromatic heterocycles. The number of hydrogen-bond acceptors (Lipinski definition) is 0. The average molecular weight is 299 g/mol. The van der Waals surface area contributed by atoms with Gasteiger partial charge >= 0.3 is 0 Å². The van der Waals surface area contributed by atoms with Crippen LogP contribution in [0, 0.1) is 6.92 Å². The zero-order chi connectivity index (χ0) is 16.7. The quantitative estimate of drug-likeness (QED) is 0.733. The number of aromatic nitrogens is 2. The molecule has 0 radical (unpaired) electrons. The summed E-state index contributed by atoms with van der Waals surface area (Å²) in [6.45, 7) is 16.8. The van der Waals surface area contributed by atoms with Crippen LogP contribution in [0.25, 0.3) is 0 Å². The average Bonchev–Trinajstić information content (AvgIpc) is 2.68. The van der Waals surface area contributed by atoms with Crippen LogP contribution in [0.1, 0.15) is 64.1 Å². The van der Waals surface area contributed by atoms with Crippen LogP contribution in [0.2, 0.25) is 0 Å². The molecule has 0 aliphatic carbocycles. The number of nitrogens with zero attached hydrogens (tertiary/aromatic N) is 2. The van der Waals surface area contributed by atoms with Gasteiger partial charge in [-0.2, -0.15) is 0 Å². The lowest BCUT2D eigenvalue weighted by molar-refractivity contribution is -0.693. The monoisotopic (exact) mass is 299 g/mol. The third-order valence-electron chi connectivity index (χ3n) is 4.47. The second-order valence-corrected chi connectivity index (χ2v) is 8.50. The van der Waals surface area contributed by atoms with E-state index in [1.807, 2.05) is 0 Å². The van der Waals surface area contributed by atoms with E-state index in [-0.39, 0.29) is 10.8 Å². The van der Waals surface area contributed by atoms with Crippen molar-refractivity contribution in [3.63, 3.8) is 0 Å². The zero-order valence-electron chi connectivity index (χ0n) is 15.5. The molecule has 0 spiro atoms. The van der Waals surface area contributed by atoms with Gasteiger partial charge in [-0.05, 0) is 27.5 Å². The minimum atomic E-state index is 0.173. The molecule has 0 bridgehead atoms. The Kier molecular flexibility index (Phi) is 4.25. The second-order valence-electron chi connectivity index (χ2n) is 8.50. The Hall–Kier alpha value is -1.57. The number of aryl methyl sites for hydroxylation is 1. The normalized spacial score (nSPS) is 12.7. The minimum Gasteiger partial charge on any atom is -0.237 e. The van der Waals surface area contributed by atoms with Crippen molar-refractivity contribution >= 4 is 0 Å². The SMILES string of the molecule is Cc1n(C)cc[n+]1Cc1cc(C(C)(C)C)cc(C(C)(C)C)c1. The van der Waals surface area contributed by atoms with Crippen molar-refractivity contribution in [2.45, 2.75) is 65.8 Å². The molecule has 22 heavy (non-hydrogen) atoms. The minimum absolute atomic E-state index is 0.173. The maximum atomic E-state index is 2.38. The number of benzene rings is 1. The Morgan fingerprint density at radius 1 is 0.909 bits per heavy atom. The van der Waals surface area contributed by atoms with Gasteiger partial charge in [-0.15, -0.1) is 0 Å². The first-order valence-electron chi connectivity index (χ1n) is 8.15.